The highest BCUT2D eigenvalue weighted by Gasteiger charge is 2.48. The van der Waals surface area contributed by atoms with Gasteiger partial charge in [0.1, 0.15) is 12.3 Å². The number of carbonyl (C=O) groups is 1. The van der Waals surface area contributed by atoms with Crippen LogP contribution in [0, 0.1) is 0 Å². The Balaban J connectivity index is 1.69. The fourth-order valence-electron chi connectivity index (χ4n) is 3.68. The second-order valence-electron chi connectivity index (χ2n) is 7.84. The number of carbonyl (C=O) groups excluding carboxylic acids is 1. The number of nitrogens with one attached hydrogen (secondary N) is 1. The van der Waals surface area contributed by atoms with Crippen LogP contribution >= 0.6 is 23.2 Å². The standard InChI is InChI=1S/C26H21Cl2F2N3O3/c1-3-36-25(34)23-24(31-32-33(23)15-16-4-11-20(35-2)12-5-16)26(29,30)19-9-6-17(7-10-19)18-8-13-21(27)22(28)14-18/h4-14H,3,15H2,1-2H3/p+1. The maximum absolute atomic E-state index is 15.7. The average Bonchev–Trinajstić information content (AvgIpc) is 3.31. The van der Waals surface area contributed by atoms with E-state index in [1.54, 1.807) is 68.6 Å². The smallest absolute Gasteiger partial charge is 0.385 e. The molecular weight excluding hydrogens is 511 g/mol. The third-order valence-electron chi connectivity index (χ3n) is 5.54. The zero-order valence-corrected chi connectivity index (χ0v) is 20.9. The largest absolute Gasteiger partial charge is 0.497 e. The molecule has 1 aromatic heterocycles. The Bertz CT molecular complexity index is 1370. The summed E-state index contributed by atoms with van der Waals surface area (Å²) in [5.74, 6) is -3.84. The van der Waals surface area contributed by atoms with Gasteiger partial charge in [0, 0.05) is 10.7 Å². The van der Waals surface area contributed by atoms with Gasteiger partial charge in [0.15, 0.2) is 0 Å². The normalized spacial score (nSPS) is 11.4. The lowest BCUT2D eigenvalue weighted by Gasteiger charge is -2.13. The number of methoxy groups -OCH3 is 1. The summed E-state index contributed by atoms with van der Waals surface area (Å²) >= 11 is 12.0. The van der Waals surface area contributed by atoms with Crippen molar-refractivity contribution in [3.8, 4) is 16.9 Å². The van der Waals surface area contributed by atoms with Gasteiger partial charge in [0.05, 0.1) is 23.8 Å². The first-order valence-electron chi connectivity index (χ1n) is 11.0. The van der Waals surface area contributed by atoms with Crippen molar-refractivity contribution in [1.82, 2.24) is 10.3 Å². The predicted octanol–water partition coefficient (Wildman–Crippen LogP) is 6.04. The van der Waals surface area contributed by atoms with E-state index in [0.29, 0.717) is 21.4 Å². The topological polar surface area (TPSA) is 68.1 Å². The van der Waals surface area contributed by atoms with Crippen molar-refractivity contribution in [3.05, 3.63) is 99.3 Å². The van der Waals surface area contributed by atoms with Gasteiger partial charge in [-0.05, 0) is 47.9 Å². The molecule has 0 spiro atoms. The lowest BCUT2D eigenvalue weighted by Crippen LogP contribution is -2.43. The molecule has 0 unspecified atom stereocenters. The number of aromatic nitrogens is 3. The second kappa shape index (κ2) is 10.6. The SMILES string of the molecule is CCOC(=O)c1c(C(F)(F)c2ccc(-c3ccc(Cl)c(Cl)c3)cc2)n[nH][n+]1Cc1ccc(OC)cc1. The molecule has 0 fully saturated rings. The van der Waals surface area contributed by atoms with Gasteiger partial charge in [-0.15, -0.1) is 4.68 Å². The molecule has 3 aromatic carbocycles. The van der Waals surface area contributed by atoms with Crippen LogP contribution in [0.25, 0.3) is 11.1 Å². The number of rotatable bonds is 8. The van der Waals surface area contributed by atoms with Crippen molar-refractivity contribution >= 4 is 29.2 Å². The van der Waals surface area contributed by atoms with E-state index in [0.717, 1.165) is 11.1 Å². The molecule has 186 valence electrons. The number of H-pyrrole nitrogens is 1. The Labute approximate surface area is 216 Å². The summed E-state index contributed by atoms with van der Waals surface area (Å²) in [5.41, 5.74) is 0.734. The van der Waals surface area contributed by atoms with E-state index in [4.69, 9.17) is 32.7 Å². The Hall–Kier alpha value is -3.49. The first kappa shape index (κ1) is 25.6. The van der Waals surface area contributed by atoms with Crippen molar-refractivity contribution < 1.29 is 27.7 Å². The summed E-state index contributed by atoms with van der Waals surface area (Å²) < 4.78 is 42.8. The minimum absolute atomic E-state index is 0.0237. The van der Waals surface area contributed by atoms with Crippen molar-refractivity contribution in [2.75, 3.05) is 13.7 Å². The van der Waals surface area contributed by atoms with Gasteiger partial charge in [0.2, 0.25) is 0 Å². The van der Waals surface area contributed by atoms with Gasteiger partial charge >= 0.3 is 17.6 Å². The van der Waals surface area contributed by atoms with Crippen LogP contribution in [-0.4, -0.2) is 30.0 Å². The van der Waals surface area contributed by atoms with Crippen LogP contribution in [0.2, 0.25) is 10.0 Å². The highest BCUT2D eigenvalue weighted by molar-refractivity contribution is 6.42. The number of esters is 1. The van der Waals surface area contributed by atoms with Crippen LogP contribution in [0.5, 0.6) is 5.75 Å². The zero-order valence-electron chi connectivity index (χ0n) is 19.4. The first-order valence-corrected chi connectivity index (χ1v) is 11.7. The van der Waals surface area contributed by atoms with Crippen LogP contribution < -0.4 is 9.42 Å². The highest BCUT2D eigenvalue weighted by atomic mass is 35.5. The number of aromatic amines is 1. The molecule has 0 radical (unpaired) electrons. The predicted molar refractivity (Wildman–Crippen MR) is 132 cm³/mol. The van der Waals surface area contributed by atoms with E-state index in [1.165, 1.54) is 16.8 Å². The number of hydrogen-bond acceptors (Lipinski definition) is 4. The van der Waals surface area contributed by atoms with E-state index in [2.05, 4.69) is 10.3 Å². The molecule has 0 aliphatic rings. The highest BCUT2D eigenvalue weighted by Crippen LogP contribution is 2.37. The number of hydrogen-bond donors (Lipinski definition) is 1. The van der Waals surface area contributed by atoms with Crippen LogP contribution in [0.4, 0.5) is 8.78 Å². The molecule has 0 amide bonds. The molecule has 4 aromatic rings. The molecule has 0 saturated carbocycles. The number of nitrogens with zero attached hydrogens (tertiary/aromatic N) is 2. The molecule has 0 aliphatic heterocycles. The summed E-state index contributed by atoms with van der Waals surface area (Å²) in [4.78, 5) is 12.7. The van der Waals surface area contributed by atoms with Gasteiger partial charge < -0.3 is 9.47 Å². The molecule has 0 saturated heterocycles. The summed E-state index contributed by atoms with van der Waals surface area (Å²) in [7, 11) is 1.54. The molecule has 0 aliphatic carbocycles. The van der Waals surface area contributed by atoms with Crippen LogP contribution in [0.15, 0.2) is 66.7 Å². The van der Waals surface area contributed by atoms with E-state index < -0.39 is 17.6 Å². The van der Waals surface area contributed by atoms with Crippen LogP contribution in [0.3, 0.4) is 0 Å². The molecule has 4 rings (SSSR count). The number of benzene rings is 3. The first-order chi connectivity index (χ1) is 17.2. The van der Waals surface area contributed by atoms with Gasteiger partial charge in [-0.25, -0.2) is 4.79 Å². The Morgan fingerprint density at radius 1 is 1.00 bits per heavy atom. The third-order valence-corrected chi connectivity index (χ3v) is 6.28. The van der Waals surface area contributed by atoms with Gasteiger partial charge in [-0.1, -0.05) is 70.9 Å². The minimum atomic E-state index is -3.58. The number of halogens is 4. The minimum Gasteiger partial charge on any atom is -0.497 e. The average molecular weight is 533 g/mol. The second-order valence-corrected chi connectivity index (χ2v) is 8.66. The van der Waals surface area contributed by atoms with Crippen molar-refractivity contribution in [2.24, 2.45) is 0 Å². The van der Waals surface area contributed by atoms with Gasteiger partial charge in [-0.2, -0.15) is 8.78 Å². The quantitative estimate of drug-likeness (QED) is 0.221. The van der Waals surface area contributed by atoms with E-state index in [1.807, 2.05) is 0 Å². The van der Waals surface area contributed by atoms with Gasteiger partial charge in [0.25, 0.3) is 5.69 Å². The summed E-state index contributed by atoms with van der Waals surface area (Å²) in [6.07, 6.45) is 0. The van der Waals surface area contributed by atoms with Crippen LogP contribution in [-0.2, 0) is 17.2 Å². The zero-order chi connectivity index (χ0) is 25.9. The Morgan fingerprint density at radius 2 is 1.67 bits per heavy atom. The fraction of sp³-hybridized carbons (Fsp3) is 0.192. The summed E-state index contributed by atoms with van der Waals surface area (Å²) in [6.45, 7) is 1.72. The maximum atomic E-state index is 15.7. The molecule has 1 N–H and O–H groups in total. The van der Waals surface area contributed by atoms with Gasteiger partial charge in [-0.3, -0.25) is 0 Å². The fourth-order valence-corrected chi connectivity index (χ4v) is 3.98. The molecule has 0 bridgehead atoms. The number of alkyl halides is 2. The monoisotopic (exact) mass is 532 g/mol. The molecule has 36 heavy (non-hydrogen) atoms. The van der Waals surface area contributed by atoms with E-state index in [-0.39, 0.29) is 24.4 Å². The molecule has 0 atom stereocenters. The molecular formula is C26H22Cl2F2N3O3+. The maximum Gasteiger partial charge on any atom is 0.385 e. The number of ether oxygens (including phenoxy) is 2. The van der Waals surface area contributed by atoms with Crippen molar-refractivity contribution in [2.45, 2.75) is 19.4 Å². The lowest BCUT2D eigenvalue weighted by atomic mass is 9.99. The van der Waals surface area contributed by atoms with Crippen molar-refractivity contribution in [3.63, 3.8) is 0 Å². The Morgan fingerprint density at radius 3 is 2.28 bits per heavy atom. The van der Waals surface area contributed by atoms with E-state index in [9.17, 15) is 4.79 Å². The lowest BCUT2D eigenvalue weighted by molar-refractivity contribution is -0.748. The Kier molecular flexibility index (Phi) is 7.56. The van der Waals surface area contributed by atoms with E-state index >= 15 is 8.78 Å². The third kappa shape index (κ3) is 5.20. The summed E-state index contributed by atoms with van der Waals surface area (Å²) in [6, 6.07) is 17.7. The molecule has 6 nitrogen and oxygen atoms in total. The van der Waals surface area contributed by atoms with Crippen molar-refractivity contribution in [1.29, 1.82) is 0 Å². The molecule has 1 heterocycles. The molecule has 10 heteroatoms. The summed E-state index contributed by atoms with van der Waals surface area (Å²) in [5, 5.41) is 7.13. The van der Waals surface area contributed by atoms with Crippen LogP contribution in [0.1, 0.15) is 34.2 Å².